The number of carbonyl (C=O) groups is 1. The van der Waals surface area contributed by atoms with Crippen molar-refractivity contribution in [2.75, 3.05) is 5.32 Å². The number of fused-ring (bicyclic) bond motifs is 1. The van der Waals surface area contributed by atoms with Crippen molar-refractivity contribution < 1.29 is 9.90 Å². The number of nitrogens with one attached hydrogen (secondary N) is 1. The van der Waals surface area contributed by atoms with Gasteiger partial charge in [0, 0.05) is 17.7 Å². The van der Waals surface area contributed by atoms with E-state index < -0.39 is 12.1 Å². The molecule has 1 aromatic rings. The predicted molar refractivity (Wildman–Crippen MR) is 52.6 cm³/mol. The lowest BCUT2D eigenvalue weighted by molar-refractivity contribution is -0.117. The van der Waals surface area contributed by atoms with Crippen molar-refractivity contribution in [2.24, 2.45) is 5.73 Å². The number of hydrogen-bond acceptors (Lipinski definition) is 3. The van der Waals surface area contributed by atoms with E-state index in [0.29, 0.717) is 5.69 Å². The standard InChI is InChI=1S/C10H12N2O2/c11-7-5-9(13)6-3-1-2-4-8(6)12-10(7)14/h1-4,7,9,13H,5,11H2,(H,12,14). The first-order valence-corrected chi connectivity index (χ1v) is 4.52. The van der Waals surface area contributed by atoms with Gasteiger partial charge < -0.3 is 16.2 Å². The van der Waals surface area contributed by atoms with Crippen LogP contribution in [-0.4, -0.2) is 17.1 Å². The Kier molecular flexibility index (Phi) is 2.23. The summed E-state index contributed by atoms with van der Waals surface area (Å²) in [5, 5.41) is 12.4. The van der Waals surface area contributed by atoms with Gasteiger partial charge in [-0.3, -0.25) is 4.79 Å². The summed E-state index contributed by atoms with van der Waals surface area (Å²) in [6.45, 7) is 0. The molecule has 2 atom stereocenters. The van der Waals surface area contributed by atoms with Crippen LogP contribution in [0.25, 0.3) is 0 Å². The number of para-hydroxylation sites is 1. The van der Waals surface area contributed by atoms with Crippen molar-refractivity contribution in [2.45, 2.75) is 18.6 Å². The summed E-state index contributed by atoms with van der Waals surface area (Å²) in [6.07, 6.45) is -0.400. The lowest BCUT2D eigenvalue weighted by Crippen LogP contribution is -2.34. The van der Waals surface area contributed by atoms with Crippen molar-refractivity contribution >= 4 is 11.6 Å². The smallest absolute Gasteiger partial charge is 0.241 e. The molecular weight excluding hydrogens is 180 g/mol. The minimum Gasteiger partial charge on any atom is -0.388 e. The second-order valence-corrected chi connectivity index (χ2v) is 3.43. The van der Waals surface area contributed by atoms with Crippen LogP contribution in [0.15, 0.2) is 24.3 Å². The summed E-state index contributed by atoms with van der Waals surface area (Å²) in [5.74, 6) is -0.242. The molecule has 0 aromatic heterocycles. The van der Waals surface area contributed by atoms with Crippen LogP contribution in [0.4, 0.5) is 5.69 Å². The molecule has 1 heterocycles. The van der Waals surface area contributed by atoms with Gasteiger partial charge in [0.2, 0.25) is 5.91 Å². The van der Waals surface area contributed by atoms with Crippen molar-refractivity contribution in [1.82, 2.24) is 0 Å². The van der Waals surface area contributed by atoms with Gasteiger partial charge >= 0.3 is 0 Å². The van der Waals surface area contributed by atoms with E-state index in [2.05, 4.69) is 5.32 Å². The SMILES string of the molecule is NC1CC(O)c2ccccc2NC1=O. The molecule has 0 bridgehead atoms. The van der Waals surface area contributed by atoms with Crippen LogP contribution in [0.3, 0.4) is 0 Å². The topological polar surface area (TPSA) is 75.3 Å². The number of aliphatic hydroxyl groups excluding tert-OH is 1. The van der Waals surface area contributed by atoms with E-state index in [-0.39, 0.29) is 12.3 Å². The van der Waals surface area contributed by atoms with Gasteiger partial charge in [-0.15, -0.1) is 0 Å². The van der Waals surface area contributed by atoms with E-state index in [4.69, 9.17) is 5.73 Å². The molecule has 4 nitrogen and oxygen atoms in total. The summed E-state index contributed by atoms with van der Waals surface area (Å²) in [6, 6.07) is 6.54. The lowest BCUT2D eigenvalue weighted by atomic mass is 10.0. The van der Waals surface area contributed by atoms with E-state index in [0.717, 1.165) is 5.56 Å². The summed E-state index contributed by atoms with van der Waals surface area (Å²) in [5.41, 5.74) is 6.96. The Balaban J connectivity index is 2.43. The highest BCUT2D eigenvalue weighted by Crippen LogP contribution is 2.28. The summed E-state index contributed by atoms with van der Waals surface area (Å²) < 4.78 is 0. The Morgan fingerprint density at radius 1 is 1.43 bits per heavy atom. The number of rotatable bonds is 0. The predicted octanol–water partition coefficient (Wildman–Crippen LogP) is 0.390. The molecule has 2 unspecified atom stereocenters. The van der Waals surface area contributed by atoms with Gasteiger partial charge in [0.15, 0.2) is 0 Å². The molecule has 0 spiro atoms. The third kappa shape index (κ3) is 1.49. The van der Waals surface area contributed by atoms with Gasteiger partial charge in [-0.05, 0) is 6.07 Å². The molecule has 14 heavy (non-hydrogen) atoms. The molecule has 0 saturated carbocycles. The number of anilines is 1. The fraction of sp³-hybridized carbons (Fsp3) is 0.300. The van der Waals surface area contributed by atoms with E-state index in [9.17, 15) is 9.90 Å². The zero-order valence-electron chi connectivity index (χ0n) is 7.60. The van der Waals surface area contributed by atoms with Gasteiger partial charge in [0.05, 0.1) is 12.1 Å². The molecular formula is C10H12N2O2. The van der Waals surface area contributed by atoms with Crippen LogP contribution >= 0.6 is 0 Å². The van der Waals surface area contributed by atoms with E-state index >= 15 is 0 Å². The molecule has 1 aliphatic rings. The number of aliphatic hydroxyl groups is 1. The lowest BCUT2D eigenvalue weighted by Gasteiger charge is -2.10. The summed E-state index contributed by atoms with van der Waals surface area (Å²) in [4.78, 5) is 11.4. The van der Waals surface area contributed by atoms with E-state index in [1.807, 2.05) is 12.1 Å². The fourth-order valence-electron chi connectivity index (χ4n) is 1.60. The molecule has 4 heteroatoms. The first-order chi connectivity index (χ1) is 6.68. The quantitative estimate of drug-likeness (QED) is 0.556. The zero-order valence-corrected chi connectivity index (χ0v) is 7.60. The Morgan fingerprint density at radius 2 is 2.14 bits per heavy atom. The maximum absolute atomic E-state index is 11.4. The highest BCUT2D eigenvalue weighted by molar-refractivity contribution is 5.96. The van der Waals surface area contributed by atoms with Crippen LogP contribution < -0.4 is 11.1 Å². The molecule has 0 saturated heterocycles. The van der Waals surface area contributed by atoms with Gasteiger partial charge in [-0.2, -0.15) is 0 Å². The molecule has 2 rings (SSSR count). The van der Waals surface area contributed by atoms with Crippen LogP contribution in [0.2, 0.25) is 0 Å². The van der Waals surface area contributed by atoms with Crippen LogP contribution in [0.5, 0.6) is 0 Å². The summed E-state index contributed by atoms with van der Waals surface area (Å²) >= 11 is 0. The average molecular weight is 192 g/mol. The van der Waals surface area contributed by atoms with E-state index in [1.54, 1.807) is 12.1 Å². The zero-order chi connectivity index (χ0) is 10.1. The number of amides is 1. The first-order valence-electron chi connectivity index (χ1n) is 4.52. The Bertz CT molecular complexity index is 365. The molecule has 0 fully saturated rings. The molecule has 74 valence electrons. The van der Waals surface area contributed by atoms with Crippen molar-refractivity contribution in [3.63, 3.8) is 0 Å². The highest BCUT2D eigenvalue weighted by Gasteiger charge is 2.25. The molecule has 1 aliphatic heterocycles. The Morgan fingerprint density at radius 3 is 2.93 bits per heavy atom. The number of nitrogens with two attached hydrogens (primary N) is 1. The van der Waals surface area contributed by atoms with Gasteiger partial charge in [-0.1, -0.05) is 18.2 Å². The number of carbonyl (C=O) groups excluding carboxylic acids is 1. The largest absolute Gasteiger partial charge is 0.388 e. The van der Waals surface area contributed by atoms with Gasteiger partial charge in [0.1, 0.15) is 0 Å². The maximum atomic E-state index is 11.4. The van der Waals surface area contributed by atoms with Crippen molar-refractivity contribution in [3.05, 3.63) is 29.8 Å². The third-order valence-corrected chi connectivity index (χ3v) is 2.39. The average Bonchev–Trinajstić information content (AvgIpc) is 2.27. The molecule has 1 aromatic carbocycles. The molecule has 0 radical (unpaired) electrons. The highest BCUT2D eigenvalue weighted by atomic mass is 16.3. The van der Waals surface area contributed by atoms with E-state index in [1.165, 1.54) is 0 Å². The fourth-order valence-corrected chi connectivity index (χ4v) is 1.60. The summed E-state index contributed by atoms with van der Waals surface area (Å²) in [7, 11) is 0. The minimum atomic E-state index is -0.667. The third-order valence-electron chi connectivity index (χ3n) is 2.39. The van der Waals surface area contributed by atoms with Crippen molar-refractivity contribution in [3.8, 4) is 0 Å². The Labute approximate surface area is 81.7 Å². The molecule has 1 amide bonds. The monoisotopic (exact) mass is 192 g/mol. The molecule has 0 aliphatic carbocycles. The first kappa shape index (κ1) is 9.18. The number of benzene rings is 1. The normalized spacial score (nSPS) is 26.3. The Hall–Kier alpha value is -1.39. The van der Waals surface area contributed by atoms with Crippen LogP contribution in [0.1, 0.15) is 18.1 Å². The minimum absolute atomic E-state index is 0.242. The van der Waals surface area contributed by atoms with Crippen LogP contribution in [-0.2, 0) is 4.79 Å². The maximum Gasteiger partial charge on any atom is 0.241 e. The number of hydrogen-bond donors (Lipinski definition) is 3. The van der Waals surface area contributed by atoms with Crippen molar-refractivity contribution in [1.29, 1.82) is 0 Å². The second kappa shape index (κ2) is 3.40. The van der Waals surface area contributed by atoms with Gasteiger partial charge in [0.25, 0.3) is 0 Å². The second-order valence-electron chi connectivity index (χ2n) is 3.43. The molecule has 4 N–H and O–H groups in total. The van der Waals surface area contributed by atoms with Crippen LogP contribution in [0, 0.1) is 0 Å². The van der Waals surface area contributed by atoms with Gasteiger partial charge in [-0.25, -0.2) is 0 Å².